The number of rotatable bonds is 9. The lowest BCUT2D eigenvalue weighted by atomic mass is 10.0. The minimum atomic E-state index is -0.945. The molecule has 8 nitrogen and oxygen atoms in total. The first-order valence-corrected chi connectivity index (χ1v) is 10.3. The van der Waals surface area contributed by atoms with Crippen LogP contribution in [0.15, 0.2) is 34.9 Å². The van der Waals surface area contributed by atoms with Gasteiger partial charge in [-0.2, -0.15) is 0 Å². The minimum Gasteiger partial charge on any atom is -0.452 e. The molecular formula is C20H25N3O5S. The van der Waals surface area contributed by atoms with Gasteiger partial charge in [0.15, 0.2) is 11.9 Å². The molecule has 156 valence electrons. The number of nitrogens with zero attached hydrogens (tertiary/aromatic N) is 1. The van der Waals surface area contributed by atoms with E-state index >= 15 is 0 Å². The lowest BCUT2D eigenvalue weighted by Gasteiger charge is -2.14. The van der Waals surface area contributed by atoms with Gasteiger partial charge in [-0.1, -0.05) is 31.1 Å². The van der Waals surface area contributed by atoms with E-state index in [9.17, 15) is 14.4 Å². The Morgan fingerprint density at radius 3 is 2.38 bits per heavy atom. The largest absolute Gasteiger partial charge is 0.452 e. The predicted molar refractivity (Wildman–Crippen MR) is 112 cm³/mol. The van der Waals surface area contributed by atoms with E-state index in [1.165, 1.54) is 12.5 Å². The fraction of sp³-hybridized carbons (Fsp3) is 0.400. The zero-order chi connectivity index (χ0) is 21.4. The number of esters is 1. The molecule has 1 heterocycles. The molecule has 0 radical (unpaired) electrons. The number of amides is 2. The summed E-state index contributed by atoms with van der Waals surface area (Å²) in [6.07, 6.45) is -0.945. The van der Waals surface area contributed by atoms with E-state index < -0.39 is 18.0 Å². The van der Waals surface area contributed by atoms with Crippen molar-refractivity contribution in [3.63, 3.8) is 0 Å². The van der Waals surface area contributed by atoms with Crippen molar-refractivity contribution in [3.8, 4) is 0 Å². The second-order valence-electron chi connectivity index (χ2n) is 6.76. The molecule has 2 rings (SSSR count). The maximum absolute atomic E-state index is 12.2. The molecule has 9 heteroatoms. The van der Waals surface area contributed by atoms with Crippen LogP contribution in [-0.2, 0) is 19.1 Å². The van der Waals surface area contributed by atoms with E-state index in [-0.39, 0.29) is 17.4 Å². The average molecular weight is 420 g/mol. The molecule has 0 aliphatic carbocycles. The van der Waals surface area contributed by atoms with Gasteiger partial charge in [0.25, 0.3) is 5.91 Å². The number of anilines is 2. The molecule has 0 unspecified atom stereocenters. The van der Waals surface area contributed by atoms with Crippen molar-refractivity contribution < 1.29 is 23.6 Å². The third kappa shape index (κ3) is 7.61. The Balaban J connectivity index is 1.69. The zero-order valence-corrected chi connectivity index (χ0v) is 17.7. The van der Waals surface area contributed by atoms with Gasteiger partial charge in [-0.25, -0.2) is 0 Å². The van der Waals surface area contributed by atoms with Crippen LogP contribution in [0, 0.1) is 6.92 Å². The Hall–Kier alpha value is -2.81. The van der Waals surface area contributed by atoms with Gasteiger partial charge in [-0.3, -0.25) is 14.4 Å². The van der Waals surface area contributed by atoms with Crippen LogP contribution in [0.25, 0.3) is 0 Å². The van der Waals surface area contributed by atoms with Crippen molar-refractivity contribution in [2.24, 2.45) is 0 Å². The Morgan fingerprint density at radius 2 is 1.79 bits per heavy atom. The summed E-state index contributed by atoms with van der Waals surface area (Å²) in [5, 5.41) is 8.92. The SMILES string of the molecule is Cc1cc(NC(=O)CSCC(=O)O[C@H](C)C(=O)Nc2ccc(C(C)C)cc2)no1. The molecule has 0 saturated carbocycles. The Labute approximate surface area is 173 Å². The van der Waals surface area contributed by atoms with Crippen molar-refractivity contribution >= 4 is 41.1 Å². The molecule has 0 aliphatic rings. The molecule has 1 atom stereocenters. The van der Waals surface area contributed by atoms with E-state index in [0.717, 1.165) is 11.8 Å². The standard InChI is InChI=1S/C20H25N3O5S/c1-12(2)15-5-7-16(8-6-15)21-20(26)14(4)27-19(25)11-29-10-18(24)22-17-9-13(3)28-23-17/h5-9,12,14H,10-11H2,1-4H3,(H,21,26)(H,22,23,24)/t14-/m1/s1. The fourth-order valence-electron chi connectivity index (χ4n) is 2.31. The van der Waals surface area contributed by atoms with Gasteiger partial charge in [-0.05, 0) is 37.5 Å². The molecular weight excluding hydrogens is 394 g/mol. The van der Waals surface area contributed by atoms with Gasteiger partial charge in [0.1, 0.15) is 5.76 Å². The molecule has 2 aromatic rings. The summed E-state index contributed by atoms with van der Waals surface area (Å²) >= 11 is 1.08. The smallest absolute Gasteiger partial charge is 0.316 e. The number of ether oxygens (including phenoxy) is 1. The summed E-state index contributed by atoms with van der Waals surface area (Å²) in [4.78, 5) is 35.8. The molecule has 2 N–H and O–H groups in total. The van der Waals surface area contributed by atoms with Crippen LogP contribution >= 0.6 is 11.8 Å². The molecule has 0 saturated heterocycles. The highest BCUT2D eigenvalue weighted by Crippen LogP contribution is 2.17. The van der Waals surface area contributed by atoms with Crippen LogP contribution in [0.2, 0.25) is 0 Å². The second-order valence-corrected chi connectivity index (χ2v) is 7.75. The van der Waals surface area contributed by atoms with Gasteiger partial charge in [-0.15, -0.1) is 11.8 Å². The number of benzene rings is 1. The van der Waals surface area contributed by atoms with Crippen LogP contribution in [0.3, 0.4) is 0 Å². The van der Waals surface area contributed by atoms with Gasteiger partial charge in [0, 0.05) is 11.8 Å². The second kappa shape index (κ2) is 10.7. The maximum atomic E-state index is 12.2. The zero-order valence-electron chi connectivity index (χ0n) is 16.9. The molecule has 0 fully saturated rings. The molecule has 29 heavy (non-hydrogen) atoms. The molecule has 1 aromatic carbocycles. The number of carbonyl (C=O) groups is 3. The van der Waals surface area contributed by atoms with Crippen LogP contribution in [-0.4, -0.2) is 40.6 Å². The average Bonchev–Trinajstić information content (AvgIpc) is 3.06. The first-order valence-electron chi connectivity index (χ1n) is 9.16. The summed E-state index contributed by atoms with van der Waals surface area (Å²) in [6.45, 7) is 7.39. The van der Waals surface area contributed by atoms with E-state index in [1.807, 2.05) is 24.3 Å². The van der Waals surface area contributed by atoms with Gasteiger partial charge in [0.2, 0.25) is 5.91 Å². The Kier molecular flexibility index (Phi) is 8.26. The number of nitrogens with one attached hydrogen (secondary N) is 2. The number of carbonyl (C=O) groups excluding carboxylic acids is 3. The molecule has 1 aromatic heterocycles. The van der Waals surface area contributed by atoms with Gasteiger partial charge in [0.05, 0.1) is 11.5 Å². The van der Waals surface area contributed by atoms with E-state index in [2.05, 4.69) is 29.6 Å². The molecule has 0 aliphatic heterocycles. The summed E-state index contributed by atoms with van der Waals surface area (Å²) in [5.74, 6) is 0.00111. The van der Waals surface area contributed by atoms with Crippen molar-refractivity contribution in [2.45, 2.75) is 39.7 Å². The first kappa shape index (κ1) is 22.5. The minimum absolute atomic E-state index is 0.0454. The number of thioether (sulfide) groups is 1. The summed E-state index contributed by atoms with van der Waals surface area (Å²) in [5.41, 5.74) is 1.80. The predicted octanol–water partition coefficient (Wildman–Crippen LogP) is 3.35. The van der Waals surface area contributed by atoms with Crippen LogP contribution in [0.4, 0.5) is 11.5 Å². The summed E-state index contributed by atoms with van der Waals surface area (Å²) in [7, 11) is 0. The van der Waals surface area contributed by atoms with Crippen molar-refractivity contribution in [1.82, 2.24) is 5.16 Å². The first-order chi connectivity index (χ1) is 13.7. The van der Waals surface area contributed by atoms with E-state index in [4.69, 9.17) is 9.26 Å². The summed E-state index contributed by atoms with van der Waals surface area (Å²) in [6, 6.07) is 9.10. The van der Waals surface area contributed by atoms with Crippen LogP contribution in [0.1, 0.15) is 38.0 Å². The van der Waals surface area contributed by atoms with E-state index in [0.29, 0.717) is 23.2 Å². The quantitative estimate of drug-likeness (QED) is 0.600. The highest BCUT2D eigenvalue weighted by Gasteiger charge is 2.18. The van der Waals surface area contributed by atoms with Crippen LogP contribution < -0.4 is 10.6 Å². The van der Waals surface area contributed by atoms with Gasteiger partial charge < -0.3 is 19.9 Å². The topological polar surface area (TPSA) is 111 Å². The molecule has 0 spiro atoms. The van der Waals surface area contributed by atoms with Crippen molar-refractivity contribution in [2.75, 3.05) is 22.1 Å². The van der Waals surface area contributed by atoms with E-state index in [1.54, 1.807) is 13.0 Å². The number of aryl methyl sites for hydroxylation is 1. The highest BCUT2D eigenvalue weighted by atomic mass is 32.2. The highest BCUT2D eigenvalue weighted by molar-refractivity contribution is 8.00. The number of aromatic nitrogens is 1. The third-order valence-electron chi connectivity index (χ3n) is 3.87. The van der Waals surface area contributed by atoms with Gasteiger partial charge >= 0.3 is 5.97 Å². The Morgan fingerprint density at radius 1 is 1.10 bits per heavy atom. The van der Waals surface area contributed by atoms with Crippen molar-refractivity contribution in [3.05, 3.63) is 41.7 Å². The Bertz CT molecular complexity index is 848. The molecule has 0 bridgehead atoms. The lowest BCUT2D eigenvalue weighted by molar-refractivity contribution is -0.150. The lowest BCUT2D eigenvalue weighted by Crippen LogP contribution is -2.30. The molecule has 2 amide bonds. The number of hydrogen-bond acceptors (Lipinski definition) is 7. The maximum Gasteiger partial charge on any atom is 0.316 e. The van der Waals surface area contributed by atoms with Crippen molar-refractivity contribution in [1.29, 1.82) is 0 Å². The fourth-order valence-corrected chi connectivity index (χ4v) is 2.91. The monoisotopic (exact) mass is 419 g/mol. The number of hydrogen-bond donors (Lipinski definition) is 2. The third-order valence-corrected chi connectivity index (χ3v) is 4.78. The normalized spacial score (nSPS) is 11.8. The van der Waals surface area contributed by atoms with Crippen LogP contribution in [0.5, 0.6) is 0 Å². The summed E-state index contributed by atoms with van der Waals surface area (Å²) < 4.78 is 9.97.